The Labute approximate surface area is 186 Å². The number of amides is 1. The van der Waals surface area contributed by atoms with Gasteiger partial charge >= 0.3 is 0 Å². The van der Waals surface area contributed by atoms with Crippen LogP contribution in [0.4, 0.5) is 0 Å². The van der Waals surface area contributed by atoms with E-state index in [0.717, 1.165) is 22.3 Å². The summed E-state index contributed by atoms with van der Waals surface area (Å²) in [5.41, 5.74) is 3.92. The first-order valence-corrected chi connectivity index (χ1v) is 10.3. The fourth-order valence-electron chi connectivity index (χ4n) is 4.07. The molecule has 1 aliphatic heterocycles. The Morgan fingerprint density at radius 2 is 1.75 bits per heavy atom. The highest BCUT2D eigenvalue weighted by Gasteiger charge is 2.46. The van der Waals surface area contributed by atoms with Crippen molar-refractivity contribution in [3.05, 3.63) is 100 Å². The van der Waals surface area contributed by atoms with Crippen LogP contribution in [0, 0.1) is 13.8 Å². The van der Waals surface area contributed by atoms with Gasteiger partial charge in [0.1, 0.15) is 11.5 Å². The topological polar surface area (TPSA) is 79.7 Å². The van der Waals surface area contributed by atoms with E-state index in [0.29, 0.717) is 11.3 Å². The molecule has 3 aromatic rings. The monoisotopic (exact) mass is 428 g/mol. The molecule has 2 aromatic carbocycles. The number of ketones is 1. The molecule has 1 N–H and O–H groups in total. The number of hydrogen-bond donors (Lipinski definition) is 1. The highest BCUT2D eigenvalue weighted by atomic mass is 16.5. The van der Waals surface area contributed by atoms with Crippen LogP contribution in [0.5, 0.6) is 5.75 Å². The average Bonchev–Trinajstić information content (AvgIpc) is 3.04. The molecule has 1 unspecified atom stereocenters. The first kappa shape index (κ1) is 21.3. The normalized spacial score (nSPS) is 17.6. The zero-order valence-electron chi connectivity index (χ0n) is 18.2. The van der Waals surface area contributed by atoms with Crippen molar-refractivity contribution >= 4 is 17.4 Å². The molecule has 1 aliphatic rings. The fourth-order valence-corrected chi connectivity index (χ4v) is 4.07. The second-order valence-corrected chi connectivity index (χ2v) is 7.90. The van der Waals surface area contributed by atoms with Gasteiger partial charge in [-0.2, -0.15) is 0 Å². The molecule has 0 radical (unpaired) electrons. The summed E-state index contributed by atoms with van der Waals surface area (Å²) in [5, 5.41) is 11.3. The summed E-state index contributed by atoms with van der Waals surface area (Å²) >= 11 is 0. The van der Waals surface area contributed by atoms with Gasteiger partial charge in [0.2, 0.25) is 0 Å². The number of likely N-dealkylation sites (tertiary alicyclic amines) is 1. The number of Topliss-reactive ketones (excluding diaryl/α,β-unsaturated/α-hetero) is 1. The Balaban J connectivity index is 1.92. The van der Waals surface area contributed by atoms with Gasteiger partial charge in [0, 0.05) is 18.9 Å². The third-order valence-electron chi connectivity index (χ3n) is 5.61. The van der Waals surface area contributed by atoms with Crippen LogP contribution in [0.15, 0.2) is 72.6 Å². The molecule has 162 valence electrons. The van der Waals surface area contributed by atoms with Crippen molar-refractivity contribution in [2.75, 3.05) is 7.11 Å². The Bertz CT molecular complexity index is 1220. The van der Waals surface area contributed by atoms with Gasteiger partial charge in [-0.1, -0.05) is 41.5 Å². The van der Waals surface area contributed by atoms with E-state index in [4.69, 9.17) is 4.74 Å². The number of rotatable bonds is 5. The van der Waals surface area contributed by atoms with Crippen LogP contribution < -0.4 is 4.74 Å². The number of carbonyl (C=O) groups excluding carboxylic acids is 2. The Kier molecular flexibility index (Phi) is 5.77. The first-order chi connectivity index (χ1) is 15.4. The van der Waals surface area contributed by atoms with E-state index in [9.17, 15) is 14.7 Å². The van der Waals surface area contributed by atoms with Gasteiger partial charge in [0.15, 0.2) is 0 Å². The maximum atomic E-state index is 13.2. The van der Waals surface area contributed by atoms with Crippen LogP contribution in [0.25, 0.3) is 5.76 Å². The number of aliphatic hydroxyl groups is 1. The third kappa shape index (κ3) is 3.87. The highest BCUT2D eigenvalue weighted by Crippen LogP contribution is 2.42. The summed E-state index contributed by atoms with van der Waals surface area (Å²) in [6.45, 7) is 4.05. The van der Waals surface area contributed by atoms with Gasteiger partial charge in [-0.25, -0.2) is 0 Å². The van der Waals surface area contributed by atoms with Gasteiger partial charge in [-0.15, -0.1) is 0 Å². The van der Waals surface area contributed by atoms with E-state index in [2.05, 4.69) is 4.98 Å². The minimum Gasteiger partial charge on any atom is -0.507 e. The lowest BCUT2D eigenvalue weighted by molar-refractivity contribution is -0.140. The summed E-state index contributed by atoms with van der Waals surface area (Å²) in [6.07, 6.45) is 3.29. The first-order valence-electron chi connectivity index (χ1n) is 10.3. The quantitative estimate of drug-likeness (QED) is 0.372. The largest absolute Gasteiger partial charge is 0.507 e. The molecule has 0 saturated carbocycles. The lowest BCUT2D eigenvalue weighted by atomic mass is 9.93. The van der Waals surface area contributed by atoms with Crippen LogP contribution in [0.1, 0.15) is 33.9 Å². The number of ether oxygens (including phenoxy) is 1. The second-order valence-electron chi connectivity index (χ2n) is 7.90. The van der Waals surface area contributed by atoms with Crippen LogP contribution in [-0.2, 0) is 16.1 Å². The molecule has 1 amide bonds. The SMILES string of the molecule is COc1ccc(C)cc1/C(O)=C1\C(=O)C(=O)N(Cc2ccncc2)C1c1cccc(C)c1. The molecule has 0 aliphatic carbocycles. The van der Waals surface area contributed by atoms with Gasteiger partial charge in [0.05, 0.1) is 24.3 Å². The summed E-state index contributed by atoms with van der Waals surface area (Å²) in [5.74, 6) is -1.18. The van der Waals surface area contributed by atoms with Crippen molar-refractivity contribution in [1.82, 2.24) is 9.88 Å². The smallest absolute Gasteiger partial charge is 0.295 e. The second kappa shape index (κ2) is 8.67. The predicted molar refractivity (Wildman–Crippen MR) is 121 cm³/mol. The standard InChI is InChI=1S/C26H24N2O4/c1-16-5-4-6-19(13-16)23-22(24(29)20-14-17(2)7-8-21(20)32-3)25(30)26(31)28(23)15-18-9-11-27-12-10-18/h4-14,23,29H,15H2,1-3H3/b24-22+. The van der Waals surface area contributed by atoms with Crippen molar-refractivity contribution in [2.24, 2.45) is 0 Å². The summed E-state index contributed by atoms with van der Waals surface area (Å²) in [7, 11) is 1.50. The molecule has 6 nitrogen and oxygen atoms in total. The van der Waals surface area contributed by atoms with E-state index >= 15 is 0 Å². The van der Waals surface area contributed by atoms with Gasteiger partial charge in [-0.05, 0) is 49.2 Å². The van der Waals surface area contributed by atoms with E-state index in [-0.39, 0.29) is 17.9 Å². The maximum Gasteiger partial charge on any atom is 0.295 e. The van der Waals surface area contributed by atoms with E-state index < -0.39 is 17.7 Å². The number of benzene rings is 2. The molecular weight excluding hydrogens is 404 g/mol. The van der Waals surface area contributed by atoms with Crippen LogP contribution in [0.3, 0.4) is 0 Å². The number of aromatic nitrogens is 1. The molecule has 4 rings (SSSR count). The van der Waals surface area contributed by atoms with E-state index in [1.54, 1.807) is 36.7 Å². The Morgan fingerprint density at radius 1 is 1.03 bits per heavy atom. The predicted octanol–water partition coefficient (Wildman–Crippen LogP) is 4.33. The van der Waals surface area contributed by atoms with E-state index in [1.807, 2.05) is 44.2 Å². The minimum absolute atomic E-state index is 0.0542. The van der Waals surface area contributed by atoms with Crippen LogP contribution >= 0.6 is 0 Å². The van der Waals surface area contributed by atoms with Gasteiger partial charge in [0.25, 0.3) is 11.7 Å². The minimum atomic E-state index is -0.728. The summed E-state index contributed by atoms with van der Waals surface area (Å²) in [4.78, 5) is 31.9. The van der Waals surface area contributed by atoms with Gasteiger partial charge < -0.3 is 14.7 Å². The zero-order valence-corrected chi connectivity index (χ0v) is 18.2. The molecule has 0 bridgehead atoms. The summed E-state index contributed by atoms with van der Waals surface area (Å²) < 4.78 is 5.41. The van der Waals surface area contributed by atoms with Crippen molar-refractivity contribution in [3.8, 4) is 5.75 Å². The number of aryl methyl sites for hydroxylation is 2. The number of pyridine rings is 1. The zero-order chi connectivity index (χ0) is 22.8. The lowest BCUT2D eigenvalue weighted by Crippen LogP contribution is -2.29. The average molecular weight is 428 g/mol. The number of nitrogens with zero attached hydrogens (tertiary/aromatic N) is 2. The van der Waals surface area contributed by atoms with Crippen LogP contribution in [-0.4, -0.2) is 33.8 Å². The molecule has 6 heteroatoms. The number of hydrogen-bond acceptors (Lipinski definition) is 5. The number of carbonyl (C=O) groups is 2. The fraction of sp³-hybridized carbons (Fsp3) is 0.192. The molecule has 2 heterocycles. The molecule has 1 fully saturated rings. The molecule has 1 saturated heterocycles. The molecular formula is C26H24N2O4. The Hall–Kier alpha value is -3.93. The van der Waals surface area contributed by atoms with Crippen LogP contribution in [0.2, 0.25) is 0 Å². The molecule has 1 atom stereocenters. The number of methoxy groups -OCH3 is 1. The van der Waals surface area contributed by atoms with E-state index in [1.165, 1.54) is 12.0 Å². The van der Waals surface area contributed by atoms with Crippen molar-refractivity contribution in [3.63, 3.8) is 0 Å². The number of aliphatic hydroxyl groups excluding tert-OH is 1. The molecule has 0 spiro atoms. The van der Waals surface area contributed by atoms with Gasteiger partial charge in [-0.3, -0.25) is 14.6 Å². The lowest BCUT2D eigenvalue weighted by Gasteiger charge is -2.26. The molecule has 1 aromatic heterocycles. The summed E-state index contributed by atoms with van der Waals surface area (Å²) in [6, 6.07) is 15.8. The van der Waals surface area contributed by atoms with Crippen molar-refractivity contribution < 1.29 is 19.4 Å². The highest BCUT2D eigenvalue weighted by molar-refractivity contribution is 6.46. The Morgan fingerprint density at radius 3 is 2.44 bits per heavy atom. The third-order valence-corrected chi connectivity index (χ3v) is 5.61. The molecule has 32 heavy (non-hydrogen) atoms. The van der Waals surface area contributed by atoms with Crippen molar-refractivity contribution in [1.29, 1.82) is 0 Å². The maximum absolute atomic E-state index is 13.2. The van der Waals surface area contributed by atoms with Crippen molar-refractivity contribution in [2.45, 2.75) is 26.4 Å².